The van der Waals surface area contributed by atoms with Crippen molar-refractivity contribution in [2.75, 3.05) is 0 Å². The van der Waals surface area contributed by atoms with Gasteiger partial charge in [0.25, 0.3) is 0 Å². The van der Waals surface area contributed by atoms with Crippen molar-refractivity contribution in [1.29, 1.82) is 0 Å². The molecule has 0 aliphatic rings. The molecule has 0 N–H and O–H groups in total. The summed E-state index contributed by atoms with van der Waals surface area (Å²) in [5, 5.41) is 6.82. The van der Waals surface area contributed by atoms with Crippen LogP contribution in [0.15, 0.2) is 201 Å². The standard InChI is InChI=1S/C54H33N9/c1-7-19-43-34(13-1)35-14-2-8-20-44(35)61(43)52-50(41-26-29-56-32-59-41)49(40-25-28-55-31-58-40)51(42-27-30-57-33-60-42)53(62-45-21-9-3-15-36(45)37-16-4-10-22-46(37)62)54(52)63-47-23-11-5-17-38(47)39-18-6-12-24-48(39)63/h1-33H. The number of hydrogen-bond acceptors (Lipinski definition) is 6. The van der Waals surface area contributed by atoms with Crippen molar-refractivity contribution in [3.05, 3.63) is 201 Å². The maximum atomic E-state index is 5.12. The van der Waals surface area contributed by atoms with Gasteiger partial charge < -0.3 is 13.7 Å². The Bertz CT molecular complexity index is 3570. The Morgan fingerprint density at radius 1 is 0.254 bits per heavy atom. The van der Waals surface area contributed by atoms with Gasteiger partial charge in [-0.2, -0.15) is 0 Å². The second-order valence-electron chi connectivity index (χ2n) is 15.6. The van der Waals surface area contributed by atoms with E-state index in [4.69, 9.17) is 15.0 Å². The Hall–Kier alpha value is -8.82. The molecule has 0 saturated carbocycles. The van der Waals surface area contributed by atoms with E-state index in [2.05, 4.69) is 174 Å². The summed E-state index contributed by atoms with van der Waals surface area (Å²) in [5.41, 5.74) is 13.8. The zero-order chi connectivity index (χ0) is 41.4. The van der Waals surface area contributed by atoms with Gasteiger partial charge >= 0.3 is 0 Å². The summed E-state index contributed by atoms with van der Waals surface area (Å²) in [6, 6.07) is 58.1. The average Bonchev–Trinajstić information content (AvgIpc) is 4.00. The number of aromatic nitrogens is 9. The first kappa shape index (κ1) is 35.0. The summed E-state index contributed by atoms with van der Waals surface area (Å²) < 4.78 is 7.33. The fourth-order valence-electron chi connectivity index (χ4n) is 9.92. The third-order valence-corrected chi connectivity index (χ3v) is 12.3. The van der Waals surface area contributed by atoms with Gasteiger partial charge in [-0.3, -0.25) is 0 Å². The summed E-state index contributed by atoms with van der Waals surface area (Å²) in [6.07, 6.45) is 10.3. The van der Waals surface area contributed by atoms with Gasteiger partial charge in [0.05, 0.1) is 67.2 Å². The van der Waals surface area contributed by atoms with Gasteiger partial charge in [-0.05, 0) is 54.6 Å². The van der Waals surface area contributed by atoms with Gasteiger partial charge in [0.2, 0.25) is 0 Å². The van der Waals surface area contributed by atoms with E-state index in [0.29, 0.717) is 5.69 Å². The highest BCUT2D eigenvalue weighted by atomic mass is 15.1. The van der Waals surface area contributed by atoms with Crippen LogP contribution < -0.4 is 0 Å². The van der Waals surface area contributed by atoms with Crippen LogP contribution >= 0.6 is 0 Å². The lowest BCUT2D eigenvalue weighted by atomic mass is 9.88. The van der Waals surface area contributed by atoms with Crippen LogP contribution in [0.2, 0.25) is 0 Å². The summed E-state index contributed by atoms with van der Waals surface area (Å²) >= 11 is 0. The molecule has 0 saturated heterocycles. The van der Waals surface area contributed by atoms with E-state index >= 15 is 0 Å². The SMILES string of the molecule is c1ccc2c(c1)c1ccccc1n2-c1c(-c2ccncn2)c(-c2ccncn2)c(-c2ccncn2)c(-n2c3ccccc3c3ccccc32)c1-n1c2ccccc2c2ccccc21. The van der Waals surface area contributed by atoms with Gasteiger partial charge in [0, 0.05) is 67.6 Å². The van der Waals surface area contributed by atoms with E-state index < -0.39 is 0 Å². The lowest BCUT2D eigenvalue weighted by Crippen LogP contribution is -2.15. The maximum absolute atomic E-state index is 5.12. The molecule has 9 heteroatoms. The molecule has 6 aromatic heterocycles. The van der Waals surface area contributed by atoms with Crippen LogP contribution in [0.25, 0.3) is 116 Å². The maximum Gasteiger partial charge on any atom is 0.116 e. The highest BCUT2D eigenvalue weighted by Crippen LogP contribution is 2.53. The first-order valence-electron chi connectivity index (χ1n) is 20.8. The van der Waals surface area contributed by atoms with Crippen molar-refractivity contribution < 1.29 is 0 Å². The summed E-state index contributed by atoms with van der Waals surface area (Å²) in [7, 11) is 0. The van der Waals surface area contributed by atoms with Crippen molar-refractivity contribution in [1.82, 2.24) is 43.6 Å². The molecule has 13 aromatic rings. The molecule has 7 aromatic carbocycles. The molecule has 6 heterocycles. The molecule has 0 unspecified atom stereocenters. The highest BCUT2D eigenvalue weighted by Gasteiger charge is 2.35. The van der Waals surface area contributed by atoms with Gasteiger partial charge in [-0.1, -0.05) is 109 Å². The van der Waals surface area contributed by atoms with E-state index in [-0.39, 0.29) is 0 Å². The summed E-state index contributed by atoms with van der Waals surface area (Å²) in [6.45, 7) is 0. The van der Waals surface area contributed by atoms with Gasteiger partial charge in [-0.25, -0.2) is 29.9 Å². The second-order valence-corrected chi connectivity index (χ2v) is 15.6. The monoisotopic (exact) mass is 807 g/mol. The molecule has 0 aliphatic heterocycles. The summed E-state index contributed by atoms with van der Waals surface area (Å²) in [5.74, 6) is 0. The predicted molar refractivity (Wildman–Crippen MR) is 253 cm³/mol. The molecule has 0 amide bonds. The first-order valence-corrected chi connectivity index (χ1v) is 20.8. The van der Waals surface area contributed by atoms with Crippen LogP contribution in [0.5, 0.6) is 0 Å². The fourth-order valence-corrected chi connectivity index (χ4v) is 9.92. The van der Waals surface area contributed by atoms with Crippen molar-refractivity contribution in [3.8, 4) is 50.8 Å². The Morgan fingerprint density at radius 2 is 0.508 bits per heavy atom. The third-order valence-electron chi connectivity index (χ3n) is 12.3. The third kappa shape index (κ3) is 5.11. The second kappa shape index (κ2) is 13.9. The quantitative estimate of drug-likeness (QED) is 0.166. The zero-order valence-electron chi connectivity index (χ0n) is 33.6. The molecule has 0 radical (unpaired) electrons. The van der Waals surface area contributed by atoms with E-state index in [0.717, 1.165) is 111 Å². The molecule has 0 atom stereocenters. The van der Waals surface area contributed by atoms with Crippen LogP contribution in [0.1, 0.15) is 0 Å². The number of benzene rings is 7. The molecule has 0 bridgehead atoms. The Balaban J connectivity index is 1.43. The van der Waals surface area contributed by atoms with Gasteiger partial charge in [-0.15, -0.1) is 0 Å². The molecule has 13 rings (SSSR count). The van der Waals surface area contributed by atoms with E-state index in [1.165, 1.54) is 0 Å². The Kier molecular flexibility index (Phi) is 7.70. The minimum Gasteiger partial charge on any atom is -0.306 e. The highest BCUT2D eigenvalue weighted by molar-refractivity contribution is 6.17. The van der Waals surface area contributed by atoms with Crippen LogP contribution in [0.4, 0.5) is 0 Å². The molecular formula is C54H33N9. The molecule has 0 spiro atoms. The lowest BCUT2D eigenvalue weighted by molar-refractivity contribution is 1.04. The molecule has 0 aliphatic carbocycles. The Labute approximate surface area is 359 Å². The van der Waals surface area contributed by atoms with Gasteiger partial charge in [0.15, 0.2) is 0 Å². The van der Waals surface area contributed by atoms with E-state index in [1.807, 2.05) is 30.6 Å². The number of rotatable bonds is 6. The largest absolute Gasteiger partial charge is 0.306 e. The Morgan fingerprint density at radius 3 is 0.778 bits per heavy atom. The number of fused-ring (bicyclic) bond motifs is 9. The topological polar surface area (TPSA) is 92.1 Å². The minimum atomic E-state index is 0.713. The predicted octanol–water partition coefficient (Wildman–Crippen LogP) is 12.3. The zero-order valence-corrected chi connectivity index (χ0v) is 33.6. The van der Waals surface area contributed by atoms with Gasteiger partial charge in [0.1, 0.15) is 19.0 Å². The molecule has 9 nitrogen and oxygen atoms in total. The first-order chi connectivity index (χ1) is 31.3. The normalized spacial score (nSPS) is 11.8. The molecular weight excluding hydrogens is 775 g/mol. The molecule has 63 heavy (non-hydrogen) atoms. The lowest BCUT2D eigenvalue weighted by Gasteiger charge is -2.29. The minimum absolute atomic E-state index is 0.713. The van der Waals surface area contributed by atoms with Crippen molar-refractivity contribution in [2.45, 2.75) is 0 Å². The van der Waals surface area contributed by atoms with Crippen LogP contribution in [-0.4, -0.2) is 43.6 Å². The average molecular weight is 808 g/mol. The van der Waals surface area contributed by atoms with Crippen LogP contribution in [0.3, 0.4) is 0 Å². The van der Waals surface area contributed by atoms with Crippen LogP contribution in [0, 0.1) is 0 Å². The van der Waals surface area contributed by atoms with E-state index in [9.17, 15) is 0 Å². The van der Waals surface area contributed by atoms with Crippen LogP contribution in [-0.2, 0) is 0 Å². The van der Waals surface area contributed by atoms with E-state index in [1.54, 1.807) is 25.2 Å². The van der Waals surface area contributed by atoms with Crippen molar-refractivity contribution >= 4 is 65.4 Å². The van der Waals surface area contributed by atoms with Crippen molar-refractivity contribution in [3.63, 3.8) is 0 Å². The fraction of sp³-hybridized carbons (Fsp3) is 0. The number of nitrogens with zero attached hydrogens (tertiary/aromatic N) is 9. The molecule has 294 valence electrons. The smallest absolute Gasteiger partial charge is 0.116 e. The number of hydrogen-bond donors (Lipinski definition) is 0. The van der Waals surface area contributed by atoms with Crippen molar-refractivity contribution in [2.24, 2.45) is 0 Å². The summed E-state index contributed by atoms with van der Waals surface area (Å²) in [4.78, 5) is 28.7. The number of para-hydroxylation sites is 6. The molecule has 0 fully saturated rings.